The fraction of sp³-hybridized carbons (Fsp3) is 0.719. The highest BCUT2D eigenvalue weighted by atomic mass is 32.1. The van der Waals surface area contributed by atoms with E-state index in [1.54, 1.807) is 41.5 Å². The van der Waals surface area contributed by atoms with Gasteiger partial charge in [0.15, 0.2) is 10.8 Å². The van der Waals surface area contributed by atoms with Gasteiger partial charge in [-0.1, -0.05) is 24.8 Å². The molecule has 17 nitrogen and oxygen atoms in total. The first-order chi connectivity index (χ1) is 23.4. The first-order valence-electron chi connectivity index (χ1n) is 16.6. The van der Waals surface area contributed by atoms with E-state index < -0.39 is 73.0 Å². The minimum absolute atomic E-state index is 0.0183. The van der Waals surface area contributed by atoms with Crippen LogP contribution in [0.15, 0.2) is 10.5 Å². The highest BCUT2D eigenvalue weighted by Crippen LogP contribution is 2.22. The Labute approximate surface area is 303 Å². The first kappa shape index (κ1) is 41.6. The van der Waals surface area contributed by atoms with E-state index >= 15 is 0 Å². The molecule has 0 aromatic carbocycles. The van der Waals surface area contributed by atoms with E-state index in [0.717, 1.165) is 17.4 Å². The number of carbonyl (C=O) groups is 5. The normalized spacial score (nSPS) is 19.9. The monoisotopic (exact) mass is 756 g/mol. The van der Waals surface area contributed by atoms with Gasteiger partial charge >= 0.3 is 18.2 Å². The number of aromatic nitrogens is 1. The fourth-order valence-corrected chi connectivity index (χ4v) is 5.76. The molecule has 3 rings (SSSR count). The van der Waals surface area contributed by atoms with Crippen LogP contribution in [0.3, 0.4) is 0 Å². The zero-order valence-corrected chi connectivity index (χ0v) is 33.1. The second-order valence-electron chi connectivity index (χ2n) is 15.9. The van der Waals surface area contributed by atoms with Gasteiger partial charge in [-0.25, -0.2) is 19.4 Å². The lowest BCUT2D eigenvalue weighted by molar-refractivity contribution is -0.179. The maximum atomic E-state index is 13.7. The quantitative estimate of drug-likeness (QED) is 0.0324. The molecule has 0 bridgehead atoms. The number of hydrogen-bond donors (Lipinski definition) is 3. The van der Waals surface area contributed by atoms with Crippen LogP contribution in [0, 0.1) is 0 Å². The molecule has 19 heteroatoms. The molecular formula is C32H52N6O11SSi. The lowest BCUT2D eigenvalue weighted by Crippen LogP contribution is -2.72. The van der Waals surface area contributed by atoms with Crippen molar-refractivity contribution in [3.05, 3.63) is 11.1 Å². The summed E-state index contributed by atoms with van der Waals surface area (Å²) in [7, 11) is -1.22. The van der Waals surface area contributed by atoms with Crippen molar-refractivity contribution in [3.8, 4) is 0 Å². The molecular weight excluding hydrogens is 705 g/mol. The molecule has 3 heterocycles. The van der Waals surface area contributed by atoms with E-state index in [4.69, 9.17) is 28.5 Å². The van der Waals surface area contributed by atoms with Crippen LogP contribution in [-0.4, -0.2) is 122 Å². The molecule has 2 aliphatic rings. The number of cyclic esters (lactones) is 1. The third-order valence-electron chi connectivity index (χ3n) is 6.96. The van der Waals surface area contributed by atoms with Gasteiger partial charge < -0.3 is 44.1 Å². The molecule has 3 atom stereocenters. The zero-order valence-electron chi connectivity index (χ0n) is 31.3. The number of hydrogen-bond acceptors (Lipinski definition) is 14. The number of ether oxygens (including phenoxy) is 5. The van der Waals surface area contributed by atoms with Crippen LogP contribution < -0.4 is 16.0 Å². The molecule has 2 fully saturated rings. The smallest absolute Gasteiger partial charge is 0.413 e. The molecule has 0 saturated carbocycles. The Kier molecular flexibility index (Phi) is 13.6. The van der Waals surface area contributed by atoms with Gasteiger partial charge in [0.1, 0.15) is 35.8 Å². The van der Waals surface area contributed by atoms with Crippen LogP contribution >= 0.6 is 11.3 Å². The summed E-state index contributed by atoms with van der Waals surface area (Å²) in [5.41, 5.74) is -3.61. The van der Waals surface area contributed by atoms with Gasteiger partial charge in [0.2, 0.25) is 11.5 Å². The summed E-state index contributed by atoms with van der Waals surface area (Å²) < 4.78 is 27.2. The summed E-state index contributed by atoms with van der Waals surface area (Å²) in [5, 5.41) is 13.3. The Bertz CT molecular complexity index is 1460. The molecule has 0 radical (unpaired) electrons. The molecule has 4 amide bonds. The van der Waals surface area contributed by atoms with Crippen LogP contribution in [-0.2, 0) is 42.9 Å². The van der Waals surface area contributed by atoms with E-state index in [-0.39, 0.29) is 43.0 Å². The molecule has 286 valence electrons. The highest BCUT2D eigenvalue weighted by molar-refractivity contribution is 7.14. The summed E-state index contributed by atoms with van der Waals surface area (Å²) in [4.78, 5) is 75.2. The minimum Gasteiger partial charge on any atom is -0.457 e. The van der Waals surface area contributed by atoms with Crippen molar-refractivity contribution in [1.82, 2.24) is 20.5 Å². The number of nitrogens with zero attached hydrogens (tertiary/aromatic N) is 3. The van der Waals surface area contributed by atoms with Crippen molar-refractivity contribution in [2.75, 3.05) is 38.4 Å². The van der Waals surface area contributed by atoms with Crippen molar-refractivity contribution < 1.29 is 52.5 Å². The van der Waals surface area contributed by atoms with Crippen molar-refractivity contribution in [3.63, 3.8) is 0 Å². The number of amides is 4. The molecule has 0 aliphatic carbocycles. The van der Waals surface area contributed by atoms with Gasteiger partial charge in [-0.3, -0.25) is 14.9 Å². The molecule has 2 aliphatic heterocycles. The van der Waals surface area contributed by atoms with Crippen LogP contribution in [0.25, 0.3) is 0 Å². The standard InChI is InChI=1S/C32H52N6O11SSi/c1-30(2,3)47-26(41)32(7,8)49-37-23(21-17-50-27(34-21)36-28(42)48-31(4,5)6)25(40)35-22-20(33-24(22)39)15-38-14-19(46-29(38)43)16-45-18-44-12-13-51(9,10)11/h17,19-20,22H,12-16,18H2,1-11H3,(H,33,39)(H,35,40)(H,34,36,42)/b37-23-/t19-,20+,22-/m0/s1. The summed E-state index contributed by atoms with van der Waals surface area (Å²) in [6.45, 7) is 20.9. The Morgan fingerprint density at radius 1 is 1.06 bits per heavy atom. The Balaban J connectivity index is 1.68. The molecule has 51 heavy (non-hydrogen) atoms. The number of oxime groups is 1. The average molecular weight is 757 g/mol. The summed E-state index contributed by atoms with van der Waals surface area (Å²) in [6, 6.07) is -0.699. The van der Waals surface area contributed by atoms with Crippen LogP contribution in [0.5, 0.6) is 0 Å². The van der Waals surface area contributed by atoms with E-state index in [1.165, 1.54) is 24.1 Å². The number of anilines is 1. The summed E-state index contributed by atoms with van der Waals surface area (Å²) >= 11 is 0.984. The largest absolute Gasteiger partial charge is 0.457 e. The second kappa shape index (κ2) is 16.7. The third-order valence-corrected chi connectivity index (χ3v) is 9.42. The fourth-order valence-electron chi connectivity index (χ4n) is 4.33. The molecule has 1 aromatic heterocycles. The van der Waals surface area contributed by atoms with Gasteiger partial charge in [-0.05, 0) is 61.4 Å². The van der Waals surface area contributed by atoms with Crippen LogP contribution in [0.4, 0.5) is 14.7 Å². The maximum Gasteiger partial charge on any atom is 0.413 e. The van der Waals surface area contributed by atoms with Crippen LogP contribution in [0.1, 0.15) is 61.1 Å². The molecule has 2 saturated heterocycles. The van der Waals surface area contributed by atoms with Crippen LogP contribution in [0.2, 0.25) is 25.7 Å². The number of thiazole rings is 1. The Morgan fingerprint density at radius 3 is 2.33 bits per heavy atom. The van der Waals surface area contributed by atoms with Gasteiger partial charge in [0.05, 0.1) is 19.2 Å². The number of carbonyl (C=O) groups excluding carboxylic acids is 5. The van der Waals surface area contributed by atoms with Crippen molar-refractivity contribution in [2.24, 2.45) is 5.16 Å². The Morgan fingerprint density at radius 2 is 1.73 bits per heavy atom. The molecule has 0 spiro atoms. The SMILES string of the molecule is CC(C)(C)OC(=O)Nc1nc(/C(=N/OC(C)(C)C(=O)OC(C)(C)C)C(=O)N[C@@H]2C(=O)N[C@@H]2CN2C[C@@H](COCOCC[Si](C)(C)C)OC2=O)cs1. The number of rotatable bonds is 16. The van der Waals surface area contributed by atoms with Crippen molar-refractivity contribution >= 4 is 60.2 Å². The lowest BCUT2D eigenvalue weighted by atomic mass is 9.98. The van der Waals surface area contributed by atoms with Crippen molar-refractivity contribution in [2.45, 2.75) is 116 Å². The number of β-lactam (4-membered cyclic amide) rings is 1. The first-order valence-corrected chi connectivity index (χ1v) is 21.2. The second-order valence-corrected chi connectivity index (χ2v) is 22.4. The predicted molar refractivity (Wildman–Crippen MR) is 190 cm³/mol. The number of esters is 1. The maximum absolute atomic E-state index is 13.7. The van der Waals surface area contributed by atoms with Gasteiger partial charge in [0.25, 0.3) is 5.91 Å². The van der Waals surface area contributed by atoms with Gasteiger partial charge in [-0.2, -0.15) is 0 Å². The summed E-state index contributed by atoms with van der Waals surface area (Å²) in [6.07, 6.45) is -1.87. The van der Waals surface area contributed by atoms with E-state index in [9.17, 15) is 24.0 Å². The van der Waals surface area contributed by atoms with Gasteiger partial charge in [0, 0.05) is 26.6 Å². The number of nitrogens with one attached hydrogen (secondary N) is 3. The molecule has 3 N–H and O–H groups in total. The average Bonchev–Trinajstić information content (AvgIpc) is 3.56. The lowest BCUT2D eigenvalue weighted by Gasteiger charge is -2.38. The zero-order chi connectivity index (χ0) is 38.4. The van der Waals surface area contributed by atoms with E-state index in [1.807, 2.05) is 0 Å². The van der Waals surface area contributed by atoms with E-state index in [2.05, 4.69) is 45.7 Å². The summed E-state index contributed by atoms with van der Waals surface area (Å²) in [5.74, 6) is -2.09. The Hall–Kier alpha value is -3.81. The third kappa shape index (κ3) is 13.7. The minimum atomic E-state index is -1.63. The molecule has 1 aromatic rings. The topological polar surface area (TPSA) is 205 Å². The van der Waals surface area contributed by atoms with Gasteiger partial charge in [-0.15, -0.1) is 11.3 Å². The predicted octanol–water partition coefficient (Wildman–Crippen LogP) is 3.46. The van der Waals surface area contributed by atoms with Crippen molar-refractivity contribution in [1.29, 1.82) is 0 Å². The highest BCUT2D eigenvalue weighted by Gasteiger charge is 2.45. The van der Waals surface area contributed by atoms with E-state index in [0.29, 0.717) is 6.61 Å². The molecule has 0 unspecified atom stereocenters.